The molecule has 0 spiro atoms. The van der Waals surface area contributed by atoms with Crippen LogP contribution in [0.3, 0.4) is 0 Å². The Kier molecular flexibility index (Phi) is 6.48. The predicted octanol–water partition coefficient (Wildman–Crippen LogP) is 6.52. The lowest BCUT2D eigenvalue weighted by Crippen LogP contribution is -2.31. The van der Waals surface area contributed by atoms with Gasteiger partial charge in [0.1, 0.15) is 5.82 Å². The molecule has 1 N–H and O–H groups in total. The van der Waals surface area contributed by atoms with Crippen LogP contribution in [0.25, 0.3) is 0 Å². The van der Waals surface area contributed by atoms with Gasteiger partial charge in [-0.25, -0.2) is 4.98 Å². The topological polar surface area (TPSA) is 28.2 Å². The summed E-state index contributed by atoms with van der Waals surface area (Å²) >= 11 is 0. The van der Waals surface area contributed by atoms with Crippen LogP contribution in [-0.4, -0.2) is 18.1 Å². The second kappa shape index (κ2) is 9.30. The molecule has 1 aromatic carbocycles. The molecule has 190 valence electrons. The molecule has 3 aliphatic carbocycles. The zero-order valence-electron chi connectivity index (χ0n) is 19.4. The molecule has 0 aliphatic heterocycles. The molecule has 9 heteroatoms. The van der Waals surface area contributed by atoms with Crippen molar-refractivity contribution in [3.05, 3.63) is 57.8 Å². The van der Waals surface area contributed by atoms with E-state index in [1.807, 2.05) is 0 Å². The highest BCUT2D eigenvalue weighted by molar-refractivity contribution is 5.51. The van der Waals surface area contributed by atoms with Gasteiger partial charge < -0.3 is 10.2 Å². The normalized spacial score (nSPS) is 18.1. The summed E-state index contributed by atoms with van der Waals surface area (Å²) in [4.78, 5) is 7.39. The van der Waals surface area contributed by atoms with Crippen LogP contribution in [0, 0.1) is 11.8 Å². The summed E-state index contributed by atoms with van der Waals surface area (Å²) in [7, 11) is 0. The van der Waals surface area contributed by atoms with E-state index in [0.717, 1.165) is 61.6 Å². The van der Waals surface area contributed by atoms with Crippen LogP contribution in [-0.2, 0) is 38.3 Å². The largest absolute Gasteiger partial charge is 0.416 e. The number of hydrogen-bond acceptors (Lipinski definition) is 3. The fraction of sp³-hybridized carbons (Fsp3) is 0.577. The first-order valence-corrected chi connectivity index (χ1v) is 12.3. The van der Waals surface area contributed by atoms with Gasteiger partial charge in [-0.2, -0.15) is 26.3 Å². The maximum absolute atomic E-state index is 13.2. The van der Waals surface area contributed by atoms with Gasteiger partial charge in [0, 0.05) is 37.4 Å². The van der Waals surface area contributed by atoms with E-state index in [9.17, 15) is 26.3 Å². The minimum Gasteiger partial charge on any atom is -0.356 e. The van der Waals surface area contributed by atoms with Crippen LogP contribution in [0.15, 0.2) is 24.3 Å². The van der Waals surface area contributed by atoms with Crippen LogP contribution in [0.1, 0.15) is 65.6 Å². The molecule has 1 heterocycles. The Balaban J connectivity index is 1.37. The summed E-state index contributed by atoms with van der Waals surface area (Å²) in [6, 6.07) is 3.88. The molecule has 3 nitrogen and oxygen atoms in total. The zero-order valence-corrected chi connectivity index (χ0v) is 19.4. The third-order valence-corrected chi connectivity index (χ3v) is 7.05. The molecule has 2 saturated carbocycles. The molecule has 0 bridgehead atoms. The standard InChI is InChI=1S/C26H29F6N3/c27-25(28,29)21-8-18(9-22(11-21)26(30,31)32)12-33-13-20-10-19-2-1-3-23(19)34-24(20)35(14-16-4-5-16)15-17-6-7-17/h8-11,16-17,33H,1-7,12-15H2. The highest BCUT2D eigenvalue weighted by Crippen LogP contribution is 2.38. The third kappa shape index (κ3) is 6.11. The maximum Gasteiger partial charge on any atom is 0.416 e. The lowest BCUT2D eigenvalue weighted by Gasteiger charge is -2.27. The summed E-state index contributed by atoms with van der Waals surface area (Å²) in [5.41, 5.74) is 0.661. The molecule has 0 saturated heterocycles. The Hall–Kier alpha value is -2.29. The quantitative estimate of drug-likeness (QED) is 0.400. The molecule has 3 aliphatic rings. The number of aryl methyl sites for hydroxylation is 2. The number of anilines is 1. The fourth-order valence-electron chi connectivity index (χ4n) is 4.85. The van der Waals surface area contributed by atoms with Crippen molar-refractivity contribution in [1.82, 2.24) is 10.3 Å². The summed E-state index contributed by atoms with van der Waals surface area (Å²) in [5.74, 6) is 2.28. The first-order chi connectivity index (χ1) is 16.6. The van der Waals surface area contributed by atoms with Gasteiger partial charge in [-0.1, -0.05) is 0 Å². The van der Waals surface area contributed by atoms with Gasteiger partial charge in [0.15, 0.2) is 0 Å². The van der Waals surface area contributed by atoms with Gasteiger partial charge >= 0.3 is 12.4 Å². The summed E-state index contributed by atoms with van der Waals surface area (Å²) in [5, 5.41) is 3.10. The van der Waals surface area contributed by atoms with Gasteiger partial charge in [-0.3, -0.25) is 0 Å². The van der Waals surface area contributed by atoms with Crippen LogP contribution in [0.4, 0.5) is 32.2 Å². The molecule has 0 unspecified atom stereocenters. The second-order valence-electron chi connectivity index (χ2n) is 10.2. The SMILES string of the molecule is FC(F)(F)c1cc(CNCc2cc3c(nc2N(CC2CC2)CC2CC2)CCC3)cc(C(F)(F)F)c1. The average molecular weight is 498 g/mol. The van der Waals surface area contributed by atoms with E-state index < -0.39 is 23.5 Å². The number of nitrogens with one attached hydrogen (secondary N) is 1. The number of rotatable bonds is 9. The van der Waals surface area contributed by atoms with E-state index in [2.05, 4.69) is 16.3 Å². The Morgan fingerprint density at radius 1 is 0.800 bits per heavy atom. The van der Waals surface area contributed by atoms with E-state index in [0.29, 0.717) is 18.4 Å². The molecule has 2 fully saturated rings. The second-order valence-corrected chi connectivity index (χ2v) is 10.2. The zero-order chi connectivity index (χ0) is 24.8. The average Bonchev–Trinajstić information content (AvgIpc) is 3.71. The third-order valence-electron chi connectivity index (χ3n) is 7.05. The van der Waals surface area contributed by atoms with Crippen molar-refractivity contribution in [2.24, 2.45) is 11.8 Å². The Labute approximate surface area is 200 Å². The van der Waals surface area contributed by atoms with Gasteiger partial charge in [0.2, 0.25) is 0 Å². The highest BCUT2D eigenvalue weighted by Gasteiger charge is 2.37. The molecular weight excluding hydrogens is 468 g/mol. The number of halogens is 6. The van der Waals surface area contributed by atoms with Gasteiger partial charge in [-0.15, -0.1) is 0 Å². The van der Waals surface area contributed by atoms with E-state index in [-0.39, 0.29) is 18.2 Å². The predicted molar refractivity (Wildman–Crippen MR) is 121 cm³/mol. The van der Waals surface area contributed by atoms with Crippen LogP contribution in [0.5, 0.6) is 0 Å². The Morgan fingerprint density at radius 3 is 1.94 bits per heavy atom. The number of nitrogens with zero attached hydrogens (tertiary/aromatic N) is 2. The van der Waals surface area contributed by atoms with Crippen molar-refractivity contribution in [3.8, 4) is 0 Å². The summed E-state index contributed by atoms with van der Waals surface area (Å²) in [6.45, 7) is 2.14. The van der Waals surface area contributed by atoms with E-state index in [1.165, 1.54) is 31.2 Å². The Morgan fingerprint density at radius 2 is 1.40 bits per heavy atom. The van der Waals surface area contributed by atoms with Crippen molar-refractivity contribution in [2.75, 3.05) is 18.0 Å². The lowest BCUT2D eigenvalue weighted by molar-refractivity contribution is -0.143. The number of fused-ring (bicyclic) bond motifs is 1. The fourth-order valence-corrected chi connectivity index (χ4v) is 4.85. The smallest absolute Gasteiger partial charge is 0.356 e. The van der Waals surface area contributed by atoms with Crippen LogP contribution < -0.4 is 10.2 Å². The van der Waals surface area contributed by atoms with Gasteiger partial charge in [-0.05, 0) is 92.2 Å². The van der Waals surface area contributed by atoms with Crippen LogP contribution in [0.2, 0.25) is 0 Å². The number of aromatic nitrogens is 1. The van der Waals surface area contributed by atoms with E-state index >= 15 is 0 Å². The molecule has 0 atom stereocenters. The molecule has 1 aromatic heterocycles. The van der Waals surface area contributed by atoms with Crippen molar-refractivity contribution >= 4 is 5.82 Å². The number of hydrogen-bond donors (Lipinski definition) is 1. The van der Waals surface area contributed by atoms with Gasteiger partial charge in [0.25, 0.3) is 0 Å². The van der Waals surface area contributed by atoms with Crippen molar-refractivity contribution < 1.29 is 26.3 Å². The molecular formula is C26H29F6N3. The molecule has 0 amide bonds. The number of benzene rings is 1. The molecule has 5 rings (SSSR count). The van der Waals surface area contributed by atoms with Crippen molar-refractivity contribution in [1.29, 1.82) is 0 Å². The van der Waals surface area contributed by atoms with Crippen LogP contribution >= 0.6 is 0 Å². The van der Waals surface area contributed by atoms with Crippen molar-refractivity contribution in [3.63, 3.8) is 0 Å². The summed E-state index contributed by atoms with van der Waals surface area (Å²) in [6.07, 6.45) is -1.88. The molecule has 0 radical (unpaired) electrons. The monoisotopic (exact) mass is 497 g/mol. The molecule has 2 aromatic rings. The molecule has 35 heavy (non-hydrogen) atoms. The number of pyridine rings is 1. The summed E-state index contributed by atoms with van der Waals surface area (Å²) < 4.78 is 79.3. The van der Waals surface area contributed by atoms with Crippen molar-refractivity contribution in [2.45, 2.75) is 70.4 Å². The minimum atomic E-state index is -4.85. The highest BCUT2D eigenvalue weighted by atomic mass is 19.4. The van der Waals surface area contributed by atoms with E-state index in [1.54, 1.807) is 0 Å². The lowest BCUT2D eigenvalue weighted by atomic mass is 10.0. The maximum atomic E-state index is 13.2. The first kappa shape index (κ1) is 24.4. The first-order valence-electron chi connectivity index (χ1n) is 12.3. The minimum absolute atomic E-state index is 0.0457. The van der Waals surface area contributed by atoms with Gasteiger partial charge in [0.05, 0.1) is 11.1 Å². The number of alkyl halides is 6. The Bertz CT molecular complexity index is 1020. The van der Waals surface area contributed by atoms with E-state index in [4.69, 9.17) is 4.98 Å².